The van der Waals surface area contributed by atoms with Gasteiger partial charge in [0.15, 0.2) is 0 Å². The summed E-state index contributed by atoms with van der Waals surface area (Å²) < 4.78 is 0. The Kier molecular flexibility index (Phi) is 2.63. The van der Waals surface area contributed by atoms with E-state index in [9.17, 15) is 9.59 Å². The summed E-state index contributed by atoms with van der Waals surface area (Å²) in [6.07, 6.45) is 2.96. The van der Waals surface area contributed by atoms with Gasteiger partial charge in [0, 0.05) is 5.57 Å². The number of hydrogen-bond acceptors (Lipinski definition) is 2. The zero-order valence-corrected chi connectivity index (χ0v) is 7.39. The van der Waals surface area contributed by atoms with Gasteiger partial charge >= 0.3 is 0 Å². The van der Waals surface area contributed by atoms with Crippen molar-refractivity contribution in [3.63, 3.8) is 0 Å². The van der Waals surface area contributed by atoms with Gasteiger partial charge in [-0.2, -0.15) is 0 Å². The Morgan fingerprint density at radius 3 is 2.58 bits per heavy atom. The van der Waals surface area contributed by atoms with Crippen LogP contribution in [0.4, 0.5) is 0 Å². The molecule has 0 spiro atoms. The molecule has 0 aromatic rings. The lowest BCUT2D eigenvalue weighted by Gasteiger charge is -1.97. The standard InChI is InChI=1S/C9H13NO2/c1-6(2)3-4-7-5-8(11)10-9(7)12/h4,6H,3,5H2,1-2H3,(H,10,11,12). The highest BCUT2D eigenvalue weighted by Gasteiger charge is 2.22. The van der Waals surface area contributed by atoms with Gasteiger partial charge in [0.2, 0.25) is 5.91 Å². The predicted molar refractivity (Wildman–Crippen MR) is 45.3 cm³/mol. The molecule has 1 aliphatic rings. The average Bonchev–Trinajstić information content (AvgIpc) is 2.26. The molecule has 1 saturated heterocycles. The van der Waals surface area contributed by atoms with Gasteiger partial charge in [-0.25, -0.2) is 0 Å². The monoisotopic (exact) mass is 167 g/mol. The lowest BCUT2D eigenvalue weighted by atomic mass is 10.1. The number of allylic oxidation sites excluding steroid dienone is 1. The molecule has 66 valence electrons. The first-order chi connectivity index (χ1) is 5.59. The molecule has 3 nitrogen and oxygen atoms in total. The summed E-state index contributed by atoms with van der Waals surface area (Å²) in [5, 5.41) is 2.24. The molecular weight excluding hydrogens is 154 g/mol. The molecule has 0 unspecified atom stereocenters. The van der Waals surface area contributed by atoms with E-state index >= 15 is 0 Å². The molecule has 0 aromatic heterocycles. The van der Waals surface area contributed by atoms with Gasteiger partial charge in [0.05, 0.1) is 6.42 Å². The minimum absolute atomic E-state index is 0.185. The number of carbonyl (C=O) groups excluding carboxylic acids is 2. The van der Waals surface area contributed by atoms with E-state index in [0.717, 1.165) is 6.42 Å². The topological polar surface area (TPSA) is 46.2 Å². The van der Waals surface area contributed by atoms with E-state index in [1.807, 2.05) is 6.08 Å². The Morgan fingerprint density at radius 1 is 1.50 bits per heavy atom. The normalized spacial score (nSPS) is 20.8. The molecule has 2 amide bonds. The molecule has 0 atom stereocenters. The van der Waals surface area contributed by atoms with E-state index in [1.165, 1.54) is 0 Å². The zero-order valence-electron chi connectivity index (χ0n) is 7.39. The summed E-state index contributed by atoms with van der Waals surface area (Å²) in [4.78, 5) is 21.7. The largest absolute Gasteiger partial charge is 0.292 e. The second-order valence-electron chi connectivity index (χ2n) is 3.41. The van der Waals surface area contributed by atoms with Gasteiger partial charge in [-0.1, -0.05) is 19.9 Å². The van der Waals surface area contributed by atoms with E-state index in [2.05, 4.69) is 19.2 Å². The maximum atomic E-state index is 11.0. The molecule has 3 heteroatoms. The molecule has 1 aliphatic heterocycles. The SMILES string of the molecule is CC(C)CC=C1CC(=O)NC1=O. The Bertz CT molecular complexity index is 241. The van der Waals surface area contributed by atoms with E-state index in [-0.39, 0.29) is 18.2 Å². The Labute approximate surface area is 71.8 Å². The van der Waals surface area contributed by atoms with Crippen molar-refractivity contribution in [1.29, 1.82) is 0 Å². The van der Waals surface area contributed by atoms with Crippen molar-refractivity contribution in [3.05, 3.63) is 11.6 Å². The second kappa shape index (κ2) is 3.52. The van der Waals surface area contributed by atoms with Crippen LogP contribution in [0.5, 0.6) is 0 Å². The van der Waals surface area contributed by atoms with E-state index in [0.29, 0.717) is 11.5 Å². The fourth-order valence-corrected chi connectivity index (χ4v) is 1.05. The molecule has 1 N–H and O–H groups in total. The quantitative estimate of drug-likeness (QED) is 0.492. The van der Waals surface area contributed by atoms with Crippen molar-refractivity contribution < 1.29 is 9.59 Å². The number of rotatable bonds is 2. The van der Waals surface area contributed by atoms with Crippen LogP contribution < -0.4 is 5.32 Å². The highest BCUT2D eigenvalue weighted by atomic mass is 16.2. The van der Waals surface area contributed by atoms with Crippen LogP contribution in [0.25, 0.3) is 0 Å². The molecule has 0 saturated carbocycles. The minimum Gasteiger partial charge on any atom is -0.292 e. The number of imide groups is 1. The van der Waals surface area contributed by atoms with Crippen LogP contribution in [-0.2, 0) is 9.59 Å². The van der Waals surface area contributed by atoms with Crippen molar-refractivity contribution >= 4 is 11.8 Å². The van der Waals surface area contributed by atoms with E-state index in [1.54, 1.807) is 0 Å². The van der Waals surface area contributed by atoms with Gasteiger partial charge in [-0.3, -0.25) is 14.9 Å². The average molecular weight is 167 g/mol. The van der Waals surface area contributed by atoms with Crippen molar-refractivity contribution in [2.75, 3.05) is 0 Å². The Morgan fingerprint density at radius 2 is 2.17 bits per heavy atom. The summed E-state index contributed by atoms with van der Waals surface area (Å²) in [6.45, 7) is 4.15. The van der Waals surface area contributed by atoms with Gasteiger partial charge < -0.3 is 0 Å². The summed E-state index contributed by atoms with van der Waals surface area (Å²) in [5.74, 6) is 0.122. The van der Waals surface area contributed by atoms with Crippen LogP contribution in [0.3, 0.4) is 0 Å². The first-order valence-electron chi connectivity index (χ1n) is 4.13. The lowest BCUT2D eigenvalue weighted by Crippen LogP contribution is -2.19. The van der Waals surface area contributed by atoms with Crippen LogP contribution in [-0.4, -0.2) is 11.8 Å². The molecule has 0 aromatic carbocycles. The summed E-state index contributed by atoms with van der Waals surface area (Å²) >= 11 is 0. The van der Waals surface area contributed by atoms with Crippen molar-refractivity contribution in [2.45, 2.75) is 26.7 Å². The molecule has 1 fully saturated rings. The van der Waals surface area contributed by atoms with Crippen LogP contribution >= 0.6 is 0 Å². The number of nitrogens with one attached hydrogen (secondary N) is 1. The number of amides is 2. The number of carbonyl (C=O) groups is 2. The summed E-state index contributed by atoms with van der Waals surface area (Å²) in [5.41, 5.74) is 0.619. The molecule has 12 heavy (non-hydrogen) atoms. The highest BCUT2D eigenvalue weighted by molar-refractivity contribution is 6.13. The Balaban J connectivity index is 2.57. The van der Waals surface area contributed by atoms with Crippen molar-refractivity contribution in [2.24, 2.45) is 5.92 Å². The molecule has 1 rings (SSSR count). The van der Waals surface area contributed by atoms with E-state index in [4.69, 9.17) is 0 Å². The minimum atomic E-state index is -0.222. The molecule has 1 heterocycles. The molecule has 0 bridgehead atoms. The van der Waals surface area contributed by atoms with Gasteiger partial charge in [-0.05, 0) is 12.3 Å². The zero-order chi connectivity index (χ0) is 9.14. The highest BCUT2D eigenvalue weighted by Crippen LogP contribution is 2.12. The van der Waals surface area contributed by atoms with Gasteiger partial charge in [-0.15, -0.1) is 0 Å². The first kappa shape index (κ1) is 8.97. The fourth-order valence-electron chi connectivity index (χ4n) is 1.05. The third-order valence-electron chi connectivity index (χ3n) is 1.73. The van der Waals surface area contributed by atoms with Crippen LogP contribution in [0.2, 0.25) is 0 Å². The third-order valence-corrected chi connectivity index (χ3v) is 1.73. The van der Waals surface area contributed by atoms with Crippen LogP contribution in [0, 0.1) is 5.92 Å². The van der Waals surface area contributed by atoms with Crippen LogP contribution in [0.1, 0.15) is 26.7 Å². The molecule has 0 radical (unpaired) electrons. The maximum Gasteiger partial charge on any atom is 0.253 e. The van der Waals surface area contributed by atoms with E-state index < -0.39 is 0 Å². The van der Waals surface area contributed by atoms with Crippen LogP contribution in [0.15, 0.2) is 11.6 Å². The molecule has 0 aliphatic carbocycles. The second-order valence-corrected chi connectivity index (χ2v) is 3.41. The first-order valence-corrected chi connectivity index (χ1v) is 4.13. The predicted octanol–water partition coefficient (Wildman–Crippen LogP) is 1.01. The smallest absolute Gasteiger partial charge is 0.253 e. The molecular formula is C9H13NO2. The maximum absolute atomic E-state index is 11.0. The Hall–Kier alpha value is -1.12. The van der Waals surface area contributed by atoms with Gasteiger partial charge in [0.1, 0.15) is 0 Å². The third kappa shape index (κ3) is 2.19. The van der Waals surface area contributed by atoms with Crippen molar-refractivity contribution in [3.8, 4) is 0 Å². The fraction of sp³-hybridized carbons (Fsp3) is 0.556. The van der Waals surface area contributed by atoms with Crippen molar-refractivity contribution in [1.82, 2.24) is 5.32 Å². The lowest BCUT2D eigenvalue weighted by molar-refractivity contribution is -0.124. The summed E-state index contributed by atoms with van der Waals surface area (Å²) in [7, 11) is 0. The number of hydrogen-bond donors (Lipinski definition) is 1. The summed E-state index contributed by atoms with van der Waals surface area (Å²) in [6, 6.07) is 0. The van der Waals surface area contributed by atoms with Gasteiger partial charge in [0.25, 0.3) is 5.91 Å².